The summed E-state index contributed by atoms with van der Waals surface area (Å²) in [4.78, 5) is 20.0. The summed E-state index contributed by atoms with van der Waals surface area (Å²) in [5, 5.41) is 3.30. The Bertz CT molecular complexity index is 839. The van der Waals surface area contributed by atoms with Gasteiger partial charge in [0.2, 0.25) is 5.95 Å². The van der Waals surface area contributed by atoms with E-state index in [-0.39, 0.29) is 10.8 Å². The van der Waals surface area contributed by atoms with E-state index in [1.54, 1.807) is 0 Å². The Morgan fingerprint density at radius 2 is 1.58 bits per heavy atom. The number of nitrogens with zero attached hydrogens (tertiary/aromatic N) is 2. The monoisotopic (exact) mass is 353 g/mol. The van der Waals surface area contributed by atoms with Crippen molar-refractivity contribution in [3.05, 3.63) is 46.8 Å². The highest BCUT2D eigenvalue weighted by Gasteiger charge is 2.37. The molecular formula is C21H27N3O2. The molecule has 1 aliphatic rings. The SMILES string of the molecule is COC(=O)c1cnc(Nc2cc3c(cc2C)C(C)(C)CCC3(C)C)nc1. The fourth-order valence-corrected chi connectivity index (χ4v) is 3.59. The Kier molecular flexibility index (Phi) is 4.51. The molecule has 1 aromatic heterocycles. The molecule has 1 N–H and O–H groups in total. The van der Waals surface area contributed by atoms with E-state index in [0.29, 0.717) is 11.5 Å². The van der Waals surface area contributed by atoms with E-state index < -0.39 is 5.97 Å². The van der Waals surface area contributed by atoms with Gasteiger partial charge in [-0.05, 0) is 53.4 Å². The zero-order valence-corrected chi connectivity index (χ0v) is 16.4. The number of hydrogen-bond acceptors (Lipinski definition) is 5. The molecule has 0 atom stereocenters. The lowest BCUT2D eigenvalue weighted by Gasteiger charge is -2.42. The van der Waals surface area contributed by atoms with Crippen molar-refractivity contribution >= 4 is 17.6 Å². The van der Waals surface area contributed by atoms with Crippen LogP contribution < -0.4 is 5.32 Å². The molecule has 1 aromatic carbocycles. The second kappa shape index (κ2) is 6.38. The fourth-order valence-electron chi connectivity index (χ4n) is 3.59. The lowest BCUT2D eigenvalue weighted by atomic mass is 9.63. The Balaban J connectivity index is 1.96. The molecule has 0 fully saturated rings. The number of anilines is 2. The number of aromatic nitrogens is 2. The summed E-state index contributed by atoms with van der Waals surface area (Å²) < 4.78 is 4.68. The molecule has 0 unspecified atom stereocenters. The van der Waals surface area contributed by atoms with Crippen LogP contribution in [0.25, 0.3) is 0 Å². The maximum atomic E-state index is 11.5. The lowest BCUT2D eigenvalue weighted by Crippen LogP contribution is -2.34. The Labute approximate surface area is 155 Å². The number of methoxy groups -OCH3 is 1. The average molecular weight is 353 g/mol. The van der Waals surface area contributed by atoms with Crippen LogP contribution in [0, 0.1) is 6.92 Å². The zero-order chi connectivity index (χ0) is 19.1. The third-order valence-corrected chi connectivity index (χ3v) is 5.52. The minimum Gasteiger partial charge on any atom is -0.465 e. The third kappa shape index (κ3) is 3.30. The van der Waals surface area contributed by atoms with Crippen molar-refractivity contribution in [2.45, 2.75) is 58.3 Å². The van der Waals surface area contributed by atoms with Crippen LogP contribution in [0.1, 0.15) is 67.6 Å². The van der Waals surface area contributed by atoms with E-state index in [4.69, 9.17) is 0 Å². The number of hydrogen-bond donors (Lipinski definition) is 1. The normalized spacial score (nSPS) is 17.3. The first kappa shape index (κ1) is 18.4. The molecule has 5 heteroatoms. The first-order valence-corrected chi connectivity index (χ1v) is 8.97. The largest absolute Gasteiger partial charge is 0.465 e. The van der Waals surface area contributed by atoms with Gasteiger partial charge >= 0.3 is 5.97 Å². The van der Waals surface area contributed by atoms with Gasteiger partial charge < -0.3 is 10.1 Å². The van der Waals surface area contributed by atoms with Crippen LogP contribution in [-0.2, 0) is 15.6 Å². The molecule has 0 spiro atoms. The van der Waals surface area contributed by atoms with Crippen molar-refractivity contribution in [3.63, 3.8) is 0 Å². The van der Waals surface area contributed by atoms with Gasteiger partial charge in [-0.2, -0.15) is 0 Å². The van der Waals surface area contributed by atoms with E-state index in [0.717, 1.165) is 11.3 Å². The van der Waals surface area contributed by atoms with E-state index in [2.05, 4.69) is 66.8 Å². The summed E-state index contributed by atoms with van der Waals surface area (Å²) >= 11 is 0. The molecule has 138 valence electrons. The second-order valence-corrected chi connectivity index (χ2v) is 8.39. The second-order valence-electron chi connectivity index (χ2n) is 8.39. The van der Waals surface area contributed by atoms with Crippen LogP contribution in [0.2, 0.25) is 0 Å². The minimum atomic E-state index is -0.439. The van der Waals surface area contributed by atoms with Crippen LogP contribution in [0.4, 0.5) is 11.6 Å². The standard InChI is InChI=1S/C21H27N3O2/c1-13-9-15-16(21(4,5)8-7-20(15,2)3)10-17(13)24-19-22-11-14(12-23-19)18(25)26-6/h9-12H,7-8H2,1-6H3,(H,22,23,24). The highest BCUT2D eigenvalue weighted by Crippen LogP contribution is 2.47. The number of fused-ring (bicyclic) bond motifs is 1. The van der Waals surface area contributed by atoms with Gasteiger partial charge in [0.1, 0.15) is 0 Å². The Morgan fingerprint density at radius 1 is 1.04 bits per heavy atom. The van der Waals surface area contributed by atoms with Gasteiger partial charge in [-0.15, -0.1) is 0 Å². The smallest absolute Gasteiger partial charge is 0.341 e. The Hall–Kier alpha value is -2.43. The van der Waals surface area contributed by atoms with Crippen molar-refractivity contribution in [1.82, 2.24) is 9.97 Å². The molecule has 1 heterocycles. The summed E-state index contributed by atoms with van der Waals surface area (Å²) in [5.41, 5.74) is 5.64. The lowest BCUT2D eigenvalue weighted by molar-refractivity contribution is 0.0600. The predicted molar refractivity (Wildman–Crippen MR) is 103 cm³/mol. The fraction of sp³-hybridized carbons (Fsp3) is 0.476. The molecule has 3 rings (SSSR count). The number of ether oxygens (including phenoxy) is 1. The number of rotatable bonds is 3. The predicted octanol–water partition coefficient (Wildman–Crippen LogP) is 4.66. The molecule has 5 nitrogen and oxygen atoms in total. The zero-order valence-electron chi connectivity index (χ0n) is 16.4. The number of carbonyl (C=O) groups is 1. The summed E-state index contributed by atoms with van der Waals surface area (Å²) in [5.74, 6) is 0.0269. The number of esters is 1. The van der Waals surface area contributed by atoms with E-state index in [9.17, 15) is 4.79 Å². The molecule has 0 saturated carbocycles. The molecule has 0 radical (unpaired) electrons. The van der Waals surface area contributed by atoms with Gasteiger partial charge in [0.05, 0.1) is 12.7 Å². The third-order valence-electron chi connectivity index (χ3n) is 5.52. The highest BCUT2D eigenvalue weighted by molar-refractivity contribution is 5.88. The molecule has 0 aliphatic heterocycles. The maximum absolute atomic E-state index is 11.5. The maximum Gasteiger partial charge on any atom is 0.341 e. The topological polar surface area (TPSA) is 64.1 Å². The summed E-state index contributed by atoms with van der Waals surface area (Å²) in [7, 11) is 1.34. The average Bonchev–Trinajstić information content (AvgIpc) is 2.60. The van der Waals surface area contributed by atoms with Crippen molar-refractivity contribution < 1.29 is 9.53 Å². The van der Waals surface area contributed by atoms with Crippen molar-refractivity contribution in [2.24, 2.45) is 0 Å². The van der Waals surface area contributed by atoms with Gasteiger partial charge in [0.25, 0.3) is 0 Å². The molecule has 0 amide bonds. The van der Waals surface area contributed by atoms with E-state index in [1.165, 1.54) is 43.5 Å². The van der Waals surface area contributed by atoms with Crippen molar-refractivity contribution in [3.8, 4) is 0 Å². The number of benzene rings is 1. The summed E-state index contributed by atoms with van der Waals surface area (Å²) in [6.45, 7) is 11.4. The van der Waals surface area contributed by atoms with Crippen LogP contribution >= 0.6 is 0 Å². The van der Waals surface area contributed by atoms with Gasteiger partial charge in [-0.1, -0.05) is 33.8 Å². The van der Waals surface area contributed by atoms with Crippen molar-refractivity contribution in [1.29, 1.82) is 0 Å². The van der Waals surface area contributed by atoms with Crippen LogP contribution in [0.15, 0.2) is 24.5 Å². The number of aryl methyl sites for hydroxylation is 1. The van der Waals surface area contributed by atoms with E-state index >= 15 is 0 Å². The van der Waals surface area contributed by atoms with Gasteiger partial charge in [0, 0.05) is 18.1 Å². The molecule has 0 saturated heterocycles. The van der Waals surface area contributed by atoms with Gasteiger partial charge in [0.15, 0.2) is 0 Å². The Morgan fingerprint density at radius 3 is 2.12 bits per heavy atom. The first-order chi connectivity index (χ1) is 12.1. The van der Waals surface area contributed by atoms with Gasteiger partial charge in [-0.3, -0.25) is 0 Å². The van der Waals surface area contributed by atoms with Crippen molar-refractivity contribution in [2.75, 3.05) is 12.4 Å². The first-order valence-electron chi connectivity index (χ1n) is 8.97. The number of carbonyl (C=O) groups excluding carboxylic acids is 1. The van der Waals surface area contributed by atoms with E-state index in [1.807, 2.05) is 0 Å². The summed E-state index contributed by atoms with van der Waals surface area (Å²) in [6, 6.07) is 4.53. The molecule has 26 heavy (non-hydrogen) atoms. The molecule has 0 bridgehead atoms. The van der Waals surface area contributed by atoms with Crippen LogP contribution in [0.3, 0.4) is 0 Å². The molecule has 2 aromatic rings. The minimum absolute atomic E-state index is 0.143. The highest BCUT2D eigenvalue weighted by atomic mass is 16.5. The molecule has 1 aliphatic carbocycles. The molecular weight excluding hydrogens is 326 g/mol. The van der Waals surface area contributed by atoms with Crippen LogP contribution in [-0.4, -0.2) is 23.0 Å². The number of nitrogens with one attached hydrogen (secondary N) is 1. The van der Waals surface area contributed by atoms with Gasteiger partial charge in [-0.25, -0.2) is 14.8 Å². The summed E-state index contributed by atoms with van der Waals surface area (Å²) in [6.07, 6.45) is 5.31. The van der Waals surface area contributed by atoms with Crippen LogP contribution in [0.5, 0.6) is 0 Å². The quantitative estimate of drug-likeness (QED) is 0.813.